The molecule has 0 unspecified atom stereocenters. The second-order valence-electron chi connectivity index (χ2n) is 6.81. The van der Waals surface area contributed by atoms with Gasteiger partial charge in [-0.15, -0.1) is 0 Å². The van der Waals surface area contributed by atoms with Crippen molar-refractivity contribution in [3.05, 3.63) is 42.2 Å². The Morgan fingerprint density at radius 3 is 2.65 bits per heavy atom. The molecule has 0 saturated heterocycles. The average molecular weight is 356 g/mol. The molecule has 0 atom stereocenters. The molecular weight excluding hydrogens is 328 g/mol. The number of hydrogen-bond donors (Lipinski definition) is 1. The van der Waals surface area contributed by atoms with Gasteiger partial charge in [0.2, 0.25) is 11.8 Å². The molecule has 2 rings (SSSR count). The van der Waals surface area contributed by atoms with Gasteiger partial charge in [0.25, 0.3) is 0 Å². The fourth-order valence-corrected chi connectivity index (χ4v) is 2.72. The van der Waals surface area contributed by atoms with Crippen molar-refractivity contribution in [3.63, 3.8) is 0 Å². The largest absolute Gasteiger partial charge is 0.354 e. The van der Waals surface area contributed by atoms with Gasteiger partial charge in [0.05, 0.1) is 6.42 Å². The van der Waals surface area contributed by atoms with Crippen LogP contribution in [0, 0.1) is 0 Å². The molecule has 6 heteroatoms. The summed E-state index contributed by atoms with van der Waals surface area (Å²) in [6, 6.07) is 7.87. The number of likely N-dealkylation sites (N-methyl/N-ethyl adjacent to an activating group) is 1. The third kappa shape index (κ3) is 6.44. The van der Waals surface area contributed by atoms with Gasteiger partial charge in [0.15, 0.2) is 0 Å². The van der Waals surface area contributed by atoms with Crippen molar-refractivity contribution >= 4 is 22.6 Å². The minimum atomic E-state index is -0.0353. The molecule has 1 aromatic heterocycles. The van der Waals surface area contributed by atoms with Gasteiger partial charge in [-0.3, -0.25) is 14.6 Å². The van der Waals surface area contributed by atoms with E-state index < -0.39 is 0 Å². The first-order valence-electron chi connectivity index (χ1n) is 8.94. The molecule has 0 radical (unpaired) electrons. The third-order valence-corrected chi connectivity index (χ3v) is 4.26. The molecule has 140 valence electrons. The standard InChI is InChI=1S/C20H28N4O2/c1-23(2)11-4-5-20(26)24(3)12-10-22-19(25)14-16-6-7-18-15-21-9-8-17(18)13-16/h6-9,13,15H,4-5,10-12,14H2,1-3H3,(H,22,25). The zero-order valence-electron chi connectivity index (χ0n) is 15.9. The number of carbonyl (C=O) groups excluding carboxylic acids is 2. The van der Waals surface area contributed by atoms with E-state index in [1.165, 1.54) is 0 Å². The van der Waals surface area contributed by atoms with Crippen LogP contribution in [0.3, 0.4) is 0 Å². The van der Waals surface area contributed by atoms with E-state index in [4.69, 9.17) is 0 Å². The lowest BCUT2D eigenvalue weighted by Gasteiger charge is -2.18. The summed E-state index contributed by atoms with van der Waals surface area (Å²) in [6.07, 6.45) is 5.27. The van der Waals surface area contributed by atoms with E-state index in [1.54, 1.807) is 18.1 Å². The first-order chi connectivity index (χ1) is 12.5. The fraction of sp³-hybridized carbons (Fsp3) is 0.450. The molecule has 0 aliphatic carbocycles. The van der Waals surface area contributed by atoms with E-state index in [-0.39, 0.29) is 11.8 Å². The van der Waals surface area contributed by atoms with Crippen LogP contribution in [-0.2, 0) is 16.0 Å². The Labute approximate surface area is 155 Å². The average Bonchev–Trinajstić information content (AvgIpc) is 2.61. The highest BCUT2D eigenvalue weighted by molar-refractivity contribution is 5.84. The van der Waals surface area contributed by atoms with Crippen LogP contribution in [0.4, 0.5) is 0 Å². The maximum Gasteiger partial charge on any atom is 0.224 e. The summed E-state index contributed by atoms with van der Waals surface area (Å²) in [7, 11) is 5.77. The fourth-order valence-electron chi connectivity index (χ4n) is 2.72. The molecule has 1 heterocycles. The first kappa shape index (κ1) is 19.8. The van der Waals surface area contributed by atoms with Crippen LogP contribution in [0.25, 0.3) is 10.8 Å². The SMILES string of the molecule is CN(C)CCCC(=O)N(C)CCNC(=O)Cc1ccc2cnccc2c1. The molecule has 0 aliphatic heterocycles. The van der Waals surface area contributed by atoms with Crippen molar-refractivity contribution in [2.24, 2.45) is 0 Å². The van der Waals surface area contributed by atoms with E-state index in [0.29, 0.717) is 25.9 Å². The normalized spacial score (nSPS) is 10.9. The van der Waals surface area contributed by atoms with Gasteiger partial charge in [-0.25, -0.2) is 0 Å². The van der Waals surface area contributed by atoms with Crippen LogP contribution in [0.1, 0.15) is 18.4 Å². The highest BCUT2D eigenvalue weighted by Crippen LogP contribution is 2.14. The number of hydrogen-bond acceptors (Lipinski definition) is 4. The van der Waals surface area contributed by atoms with Crippen LogP contribution in [0.15, 0.2) is 36.7 Å². The summed E-state index contributed by atoms with van der Waals surface area (Å²) in [5, 5.41) is 5.02. The topological polar surface area (TPSA) is 65.5 Å². The molecule has 6 nitrogen and oxygen atoms in total. The lowest BCUT2D eigenvalue weighted by molar-refractivity contribution is -0.130. The monoisotopic (exact) mass is 356 g/mol. The Kier molecular flexibility index (Phi) is 7.53. The molecule has 2 amide bonds. The number of fused-ring (bicyclic) bond motifs is 1. The van der Waals surface area contributed by atoms with E-state index in [2.05, 4.69) is 15.2 Å². The Balaban J connectivity index is 1.71. The van der Waals surface area contributed by atoms with E-state index in [9.17, 15) is 9.59 Å². The number of nitrogens with one attached hydrogen (secondary N) is 1. The van der Waals surface area contributed by atoms with E-state index in [0.717, 1.165) is 29.3 Å². The quantitative estimate of drug-likeness (QED) is 0.743. The Morgan fingerprint density at radius 1 is 1.08 bits per heavy atom. The molecule has 0 aliphatic rings. The van der Waals surface area contributed by atoms with E-state index >= 15 is 0 Å². The smallest absolute Gasteiger partial charge is 0.224 e. The summed E-state index contributed by atoms with van der Waals surface area (Å²) in [5.74, 6) is 0.0797. The highest BCUT2D eigenvalue weighted by atomic mass is 16.2. The highest BCUT2D eigenvalue weighted by Gasteiger charge is 2.09. The van der Waals surface area contributed by atoms with Gasteiger partial charge >= 0.3 is 0 Å². The predicted molar refractivity (Wildman–Crippen MR) is 104 cm³/mol. The minimum Gasteiger partial charge on any atom is -0.354 e. The number of nitrogens with zero attached hydrogens (tertiary/aromatic N) is 3. The molecule has 0 spiro atoms. The van der Waals surface area contributed by atoms with Crippen LogP contribution >= 0.6 is 0 Å². The number of rotatable bonds is 9. The van der Waals surface area contributed by atoms with Gasteiger partial charge < -0.3 is 15.1 Å². The summed E-state index contributed by atoms with van der Waals surface area (Å²) < 4.78 is 0. The number of amides is 2. The van der Waals surface area contributed by atoms with Crippen molar-refractivity contribution in [1.29, 1.82) is 0 Å². The summed E-state index contributed by atoms with van der Waals surface area (Å²) in [5.41, 5.74) is 0.967. The molecular formula is C20H28N4O2. The van der Waals surface area contributed by atoms with Crippen LogP contribution in [-0.4, -0.2) is 67.4 Å². The Hall–Kier alpha value is -2.47. The van der Waals surface area contributed by atoms with E-state index in [1.807, 2.05) is 44.6 Å². The van der Waals surface area contributed by atoms with Gasteiger partial charge in [-0.1, -0.05) is 18.2 Å². The Morgan fingerprint density at radius 2 is 1.88 bits per heavy atom. The van der Waals surface area contributed by atoms with Crippen molar-refractivity contribution in [2.45, 2.75) is 19.3 Å². The first-order valence-corrected chi connectivity index (χ1v) is 8.94. The molecule has 2 aromatic rings. The zero-order valence-corrected chi connectivity index (χ0v) is 15.9. The molecule has 26 heavy (non-hydrogen) atoms. The minimum absolute atomic E-state index is 0.0353. The number of aromatic nitrogens is 1. The number of pyridine rings is 1. The van der Waals surface area contributed by atoms with Crippen molar-refractivity contribution in [3.8, 4) is 0 Å². The van der Waals surface area contributed by atoms with Crippen molar-refractivity contribution in [1.82, 2.24) is 20.1 Å². The lowest BCUT2D eigenvalue weighted by Crippen LogP contribution is -2.36. The van der Waals surface area contributed by atoms with Crippen LogP contribution in [0.5, 0.6) is 0 Å². The number of benzene rings is 1. The van der Waals surface area contributed by atoms with Gasteiger partial charge in [-0.05, 0) is 44.1 Å². The summed E-state index contributed by atoms with van der Waals surface area (Å²) in [4.78, 5) is 32.0. The summed E-state index contributed by atoms with van der Waals surface area (Å²) in [6.45, 7) is 1.89. The van der Waals surface area contributed by atoms with Gasteiger partial charge in [-0.2, -0.15) is 0 Å². The maximum atomic E-state index is 12.1. The van der Waals surface area contributed by atoms with Crippen molar-refractivity contribution in [2.75, 3.05) is 40.8 Å². The maximum absolute atomic E-state index is 12.1. The number of carbonyl (C=O) groups is 2. The van der Waals surface area contributed by atoms with Crippen LogP contribution in [0.2, 0.25) is 0 Å². The predicted octanol–water partition coefficient (Wildman–Crippen LogP) is 1.69. The third-order valence-electron chi connectivity index (χ3n) is 4.26. The second-order valence-corrected chi connectivity index (χ2v) is 6.81. The van der Waals surface area contributed by atoms with Gasteiger partial charge in [0, 0.05) is 44.3 Å². The van der Waals surface area contributed by atoms with Gasteiger partial charge in [0.1, 0.15) is 0 Å². The Bertz CT molecular complexity index is 745. The van der Waals surface area contributed by atoms with Crippen molar-refractivity contribution < 1.29 is 9.59 Å². The zero-order chi connectivity index (χ0) is 18.9. The summed E-state index contributed by atoms with van der Waals surface area (Å²) >= 11 is 0. The molecule has 0 saturated carbocycles. The molecule has 0 fully saturated rings. The molecule has 1 aromatic carbocycles. The lowest BCUT2D eigenvalue weighted by atomic mass is 10.1. The molecule has 0 bridgehead atoms. The second kappa shape index (κ2) is 9.87. The van der Waals surface area contributed by atoms with Crippen LogP contribution < -0.4 is 5.32 Å². The molecule has 1 N–H and O–H groups in total.